The van der Waals surface area contributed by atoms with Crippen LogP contribution >= 0.6 is 0 Å². The topological polar surface area (TPSA) is 146 Å². The van der Waals surface area contributed by atoms with Crippen LogP contribution in [0.3, 0.4) is 0 Å². The molecule has 0 aromatic heterocycles. The van der Waals surface area contributed by atoms with Crippen molar-refractivity contribution in [2.45, 2.75) is 103 Å². The van der Waals surface area contributed by atoms with Crippen LogP contribution in [0, 0.1) is 22.7 Å². The fraction of sp³-hybridized carbons (Fsp3) is 0.769. The minimum Gasteiger partial charge on any atom is -0.462 e. The molecule has 36 heavy (non-hydrogen) atoms. The Hall–Kier alpha value is -2.46. The van der Waals surface area contributed by atoms with Crippen LogP contribution in [0.2, 0.25) is 0 Å². The molecule has 1 heterocycles. The molecule has 10 nitrogen and oxygen atoms in total. The molecule has 0 radical (unpaired) electrons. The van der Waals surface area contributed by atoms with Gasteiger partial charge in [-0.05, 0) is 37.5 Å². The quantitative estimate of drug-likeness (QED) is 0.426. The lowest BCUT2D eigenvalue weighted by molar-refractivity contribution is -0.351. The van der Waals surface area contributed by atoms with Crippen molar-refractivity contribution in [1.82, 2.24) is 0 Å². The maximum atomic E-state index is 12.8. The molecule has 0 aromatic rings. The van der Waals surface area contributed by atoms with Gasteiger partial charge >= 0.3 is 23.9 Å². The van der Waals surface area contributed by atoms with Gasteiger partial charge in [0.15, 0.2) is 6.10 Å². The van der Waals surface area contributed by atoms with Gasteiger partial charge in [0.2, 0.25) is 0 Å². The number of carbonyl (C=O) groups is 4. The largest absolute Gasteiger partial charge is 0.462 e. The molecule has 4 aliphatic rings. The summed E-state index contributed by atoms with van der Waals surface area (Å²) >= 11 is 0. The van der Waals surface area contributed by atoms with Crippen molar-refractivity contribution in [2.75, 3.05) is 0 Å². The lowest BCUT2D eigenvalue weighted by Gasteiger charge is -2.71. The van der Waals surface area contributed by atoms with Gasteiger partial charge < -0.3 is 29.2 Å². The van der Waals surface area contributed by atoms with Gasteiger partial charge in [0.05, 0.1) is 5.60 Å². The summed E-state index contributed by atoms with van der Waals surface area (Å²) in [5, 5.41) is 24.7. The zero-order chi connectivity index (χ0) is 27.0. The molecule has 0 amide bonds. The Morgan fingerprint density at radius 3 is 2.11 bits per heavy atom. The standard InChI is InChI=1S/C26H36O10/c1-12(27)33-18-8-9-23(4,5)26(32)22(35-14(3)29)21(34-13(2)28)20-16(24(18,26)6)10-17-15(25(20,7)31)11-19(30)36-17/h11,16-18,20-22,31-32H,8-10H2,1-7H3/t16-,17+,18-,20-,21+,22-,24-,25+,26+/m0/s1. The molecule has 3 saturated carbocycles. The molecule has 0 aromatic carbocycles. The summed E-state index contributed by atoms with van der Waals surface area (Å²) in [6.45, 7) is 10.6. The van der Waals surface area contributed by atoms with E-state index in [4.69, 9.17) is 18.9 Å². The molecule has 0 bridgehead atoms. The van der Waals surface area contributed by atoms with E-state index in [2.05, 4.69) is 0 Å². The Balaban J connectivity index is 2.03. The molecule has 9 atom stereocenters. The smallest absolute Gasteiger partial charge is 0.331 e. The van der Waals surface area contributed by atoms with Gasteiger partial charge in [-0.1, -0.05) is 20.8 Å². The first kappa shape index (κ1) is 26.6. The van der Waals surface area contributed by atoms with Crippen LogP contribution in [0.25, 0.3) is 0 Å². The van der Waals surface area contributed by atoms with Crippen LogP contribution in [0.1, 0.15) is 67.7 Å². The van der Waals surface area contributed by atoms with E-state index in [0.717, 1.165) is 0 Å². The van der Waals surface area contributed by atoms with E-state index in [-0.39, 0.29) is 6.42 Å². The van der Waals surface area contributed by atoms with Crippen molar-refractivity contribution >= 4 is 23.9 Å². The fourth-order valence-electron chi connectivity index (χ4n) is 7.87. The summed E-state index contributed by atoms with van der Waals surface area (Å²) in [7, 11) is 0. The van der Waals surface area contributed by atoms with Gasteiger partial charge in [-0.25, -0.2) is 4.79 Å². The molecule has 3 aliphatic carbocycles. The van der Waals surface area contributed by atoms with Gasteiger partial charge in [0.1, 0.15) is 23.9 Å². The van der Waals surface area contributed by atoms with E-state index in [0.29, 0.717) is 18.4 Å². The fourth-order valence-corrected chi connectivity index (χ4v) is 7.87. The number of carbonyl (C=O) groups excluding carboxylic acids is 4. The maximum absolute atomic E-state index is 12.8. The van der Waals surface area contributed by atoms with Crippen molar-refractivity contribution in [2.24, 2.45) is 22.7 Å². The molecule has 0 spiro atoms. The summed E-state index contributed by atoms with van der Waals surface area (Å²) in [6, 6.07) is 0. The average Bonchev–Trinajstić information content (AvgIpc) is 3.11. The molecular weight excluding hydrogens is 472 g/mol. The van der Waals surface area contributed by atoms with E-state index in [1.165, 1.54) is 33.8 Å². The predicted octanol–water partition coefficient (Wildman–Crippen LogP) is 1.59. The van der Waals surface area contributed by atoms with E-state index < -0.39 is 82.2 Å². The molecular formula is C26H36O10. The second-order valence-electron chi connectivity index (χ2n) is 11.7. The molecule has 1 aliphatic heterocycles. The zero-order valence-electron chi connectivity index (χ0n) is 21.8. The van der Waals surface area contributed by atoms with Gasteiger partial charge in [-0.15, -0.1) is 0 Å². The highest BCUT2D eigenvalue weighted by Gasteiger charge is 2.79. The minimum absolute atomic E-state index is 0.190. The summed E-state index contributed by atoms with van der Waals surface area (Å²) in [5.41, 5.74) is -5.43. The number of esters is 4. The molecule has 3 fully saturated rings. The van der Waals surface area contributed by atoms with Crippen molar-refractivity contribution < 1.29 is 48.3 Å². The van der Waals surface area contributed by atoms with Crippen molar-refractivity contribution in [3.8, 4) is 0 Å². The van der Waals surface area contributed by atoms with Crippen molar-refractivity contribution in [3.63, 3.8) is 0 Å². The number of ether oxygens (including phenoxy) is 4. The average molecular weight is 509 g/mol. The molecule has 0 unspecified atom stereocenters. The Kier molecular flexibility index (Phi) is 6.11. The number of aliphatic hydroxyl groups is 2. The van der Waals surface area contributed by atoms with E-state index in [1.54, 1.807) is 6.92 Å². The molecule has 200 valence electrons. The van der Waals surface area contributed by atoms with Crippen molar-refractivity contribution in [1.29, 1.82) is 0 Å². The van der Waals surface area contributed by atoms with Crippen LogP contribution in [-0.2, 0) is 38.1 Å². The molecule has 10 heteroatoms. The third-order valence-electron chi connectivity index (χ3n) is 9.30. The van der Waals surface area contributed by atoms with Crippen LogP contribution in [0.5, 0.6) is 0 Å². The first-order valence-electron chi connectivity index (χ1n) is 12.4. The lowest BCUT2D eigenvalue weighted by Crippen LogP contribution is -2.82. The Morgan fingerprint density at radius 2 is 1.56 bits per heavy atom. The highest BCUT2D eigenvalue weighted by atomic mass is 16.6. The lowest BCUT2D eigenvalue weighted by atomic mass is 9.38. The van der Waals surface area contributed by atoms with Gasteiger partial charge in [0.25, 0.3) is 0 Å². The minimum atomic E-state index is -1.86. The first-order chi connectivity index (χ1) is 16.5. The van der Waals surface area contributed by atoms with Gasteiger partial charge in [-0.2, -0.15) is 0 Å². The van der Waals surface area contributed by atoms with Crippen LogP contribution < -0.4 is 0 Å². The SMILES string of the molecule is CC(=O)O[C@@H]1[C@@H]2[C@H](C[C@H]3OC(=O)C=C3[C@@]2(C)O)[C@@]2(C)[C@@H](OC(C)=O)CCC(C)(C)[C@]2(O)[C@H]1OC(C)=O. The third-order valence-corrected chi connectivity index (χ3v) is 9.30. The summed E-state index contributed by atoms with van der Waals surface area (Å²) < 4.78 is 22.8. The predicted molar refractivity (Wildman–Crippen MR) is 123 cm³/mol. The Morgan fingerprint density at radius 1 is 0.972 bits per heavy atom. The van der Waals surface area contributed by atoms with Crippen LogP contribution in [0.4, 0.5) is 0 Å². The zero-order valence-corrected chi connectivity index (χ0v) is 21.8. The van der Waals surface area contributed by atoms with Gasteiger partial charge in [-0.3, -0.25) is 14.4 Å². The molecule has 2 N–H and O–H groups in total. The van der Waals surface area contributed by atoms with Gasteiger partial charge in [0, 0.05) is 43.8 Å². The molecule has 4 rings (SSSR count). The normalized spacial score (nSPS) is 44.7. The van der Waals surface area contributed by atoms with Crippen LogP contribution in [0.15, 0.2) is 11.6 Å². The summed E-state index contributed by atoms with van der Waals surface area (Å²) in [6.07, 6.45) is -1.96. The number of hydrogen-bond donors (Lipinski definition) is 2. The number of rotatable bonds is 3. The number of hydrogen-bond acceptors (Lipinski definition) is 10. The first-order valence-corrected chi connectivity index (χ1v) is 12.4. The van der Waals surface area contributed by atoms with E-state index >= 15 is 0 Å². The van der Waals surface area contributed by atoms with Crippen LogP contribution in [-0.4, -0.2) is 69.7 Å². The molecule has 0 saturated heterocycles. The summed E-state index contributed by atoms with van der Waals surface area (Å²) in [4.78, 5) is 49.1. The van der Waals surface area contributed by atoms with E-state index in [1.807, 2.05) is 13.8 Å². The summed E-state index contributed by atoms with van der Waals surface area (Å²) in [5.74, 6) is -4.11. The Labute approximate surface area is 210 Å². The van der Waals surface area contributed by atoms with E-state index in [9.17, 15) is 29.4 Å². The Bertz CT molecular complexity index is 1030. The third kappa shape index (κ3) is 3.51. The number of fused-ring (bicyclic) bond motifs is 4. The monoisotopic (exact) mass is 508 g/mol. The maximum Gasteiger partial charge on any atom is 0.331 e. The second kappa shape index (κ2) is 8.28. The van der Waals surface area contributed by atoms with Crippen molar-refractivity contribution in [3.05, 3.63) is 11.6 Å². The highest BCUT2D eigenvalue weighted by Crippen LogP contribution is 2.69. The second-order valence-corrected chi connectivity index (χ2v) is 11.7. The highest BCUT2D eigenvalue weighted by molar-refractivity contribution is 5.86.